The van der Waals surface area contributed by atoms with Crippen LogP contribution < -0.4 is 11.1 Å². The number of nitrogens with zero attached hydrogens (tertiary/aromatic N) is 2. The van der Waals surface area contributed by atoms with Crippen molar-refractivity contribution < 1.29 is 4.79 Å². The van der Waals surface area contributed by atoms with Crippen LogP contribution in [0.5, 0.6) is 0 Å². The molecule has 0 aliphatic carbocycles. The number of carbonyl (C=O) groups is 1. The molecule has 17 heavy (non-hydrogen) atoms. The van der Waals surface area contributed by atoms with Crippen molar-refractivity contribution in [3.8, 4) is 0 Å². The van der Waals surface area contributed by atoms with E-state index in [4.69, 9.17) is 5.73 Å². The molecule has 1 amide bonds. The van der Waals surface area contributed by atoms with E-state index >= 15 is 0 Å². The third-order valence-corrected chi connectivity index (χ3v) is 3.10. The number of nitrogens with one attached hydrogen (secondary N) is 1. The van der Waals surface area contributed by atoms with E-state index in [1.807, 2.05) is 12.3 Å². The number of aryl methyl sites for hydroxylation is 1. The lowest BCUT2D eigenvalue weighted by atomic mass is 10.3. The summed E-state index contributed by atoms with van der Waals surface area (Å²) in [4.78, 5) is 19.3. The topological polar surface area (TPSA) is 80.9 Å². The largest absolute Gasteiger partial charge is 0.366 e. The van der Waals surface area contributed by atoms with E-state index < -0.39 is 5.91 Å². The Hall–Kier alpha value is -1.95. The lowest BCUT2D eigenvalue weighted by Gasteiger charge is -2.03. The highest BCUT2D eigenvalue weighted by Crippen LogP contribution is 2.11. The zero-order valence-corrected chi connectivity index (χ0v) is 10.1. The van der Waals surface area contributed by atoms with Gasteiger partial charge >= 0.3 is 0 Å². The first-order chi connectivity index (χ1) is 8.15. The van der Waals surface area contributed by atoms with Crippen molar-refractivity contribution in [3.05, 3.63) is 40.0 Å². The summed E-state index contributed by atoms with van der Waals surface area (Å²) in [6, 6.07) is 3.37. The molecule has 88 valence electrons. The van der Waals surface area contributed by atoms with E-state index in [0.29, 0.717) is 17.9 Å². The van der Waals surface area contributed by atoms with Crippen LogP contribution in [-0.2, 0) is 6.54 Å². The maximum absolute atomic E-state index is 10.8. The number of rotatable bonds is 4. The summed E-state index contributed by atoms with van der Waals surface area (Å²) in [7, 11) is 0. The summed E-state index contributed by atoms with van der Waals surface area (Å²) in [5, 5.41) is 6.13. The highest BCUT2D eigenvalue weighted by Gasteiger charge is 2.02. The molecule has 3 N–H and O–H groups in total. The van der Waals surface area contributed by atoms with Crippen LogP contribution in [0, 0.1) is 6.92 Å². The van der Waals surface area contributed by atoms with E-state index in [0.717, 1.165) is 10.7 Å². The second kappa shape index (κ2) is 4.92. The average Bonchev–Trinajstić information content (AvgIpc) is 2.73. The van der Waals surface area contributed by atoms with Crippen LogP contribution >= 0.6 is 11.3 Å². The molecule has 2 aromatic rings. The predicted octanol–water partition coefficient (Wildman–Crippen LogP) is 1.56. The third kappa shape index (κ3) is 3.01. The molecule has 2 aromatic heterocycles. The standard InChI is InChI=1S/C11H12N4OS/c1-7-6-17-10(15-7)5-14-9-3-2-8(4-13-9)11(12)16/h2-4,6H,5H2,1H3,(H2,12,16)(H,13,14). The van der Waals surface area contributed by atoms with Gasteiger partial charge < -0.3 is 11.1 Å². The van der Waals surface area contributed by atoms with Crippen LogP contribution in [0.1, 0.15) is 21.1 Å². The van der Waals surface area contributed by atoms with E-state index in [1.165, 1.54) is 6.20 Å². The summed E-state index contributed by atoms with van der Waals surface area (Å²) < 4.78 is 0. The molecule has 0 atom stereocenters. The van der Waals surface area contributed by atoms with Crippen molar-refractivity contribution in [2.75, 3.05) is 5.32 Å². The first kappa shape index (κ1) is 11.5. The van der Waals surface area contributed by atoms with Crippen LogP contribution in [0.4, 0.5) is 5.82 Å². The number of aromatic nitrogens is 2. The van der Waals surface area contributed by atoms with Crippen LogP contribution in [0.15, 0.2) is 23.7 Å². The number of carbonyl (C=O) groups excluding carboxylic acids is 1. The molecule has 2 rings (SSSR count). The number of hydrogen-bond donors (Lipinski definition) is 2. The number of thiazole rings is 1. The van der Waals surface area contributed by atoms with Gasteiger partial charge in [-0.2, -0.15) is 0 Å². The Morgan fingerprint density at radius 2 is 2.35 bits per heavy atom. The summed E-state index contributed by atoms with van der Waals surface area (Å²) >= 11 is 1.60. The number of hydrogen-bond acceptors (Lipinski definition) is 5. The Balaban J connectivity index is 1.97. The molecule has 0 bridgehead atoms. The average molecular weight is 248 g/mol. The Kier molecular flexibility index (Phi) is 3.34. The minimum atomic E-state index is -0.473. The molecule has 0 unspecified atom stereocenters. The van der Waals surface area contributed by atoms with Crippen molar-refractivity contribution in [2.24, 2.45) is 5.73 Å². The summed E-state index contributed by atoms with van der Waals surface area (Å²) in [6.45, 7) is 2.58. The SMILES string of the molecule is Cc1csc(CNc2ccc(C(N)=O)cn2)n1. The second-order valence-electron chi connectivity index (χ2n) is 3.53. The first-order valence-electron chi connectivity index (χ1n) is 5.06. The molecule has 0 radical (unpaired) electrons. The van der Waals surface area contributed by atoms with Crippen LogP contribution in [0.2, 0.25) is 0 Å². The van der Waals surface area contributed by atoms with Crippen LogP contribution in [0.3, 0.4) is 0 Å². The highest BCUT2D eigenvalue weighted by atomic mass is 32.1. The van der Waals surface area contributed by atoms with E-state index in [2.05, 4.69) is 15.3 Å². The lowest BCUT2D eigenvalue weighted by molar-refractivity contribution is 0.1000. The van der Waals surface area contributed by atoms with E-state index in [1.54, 1.807) is 23.5 Å². The molecule has 2 heterocycles. The van der Waals surface area contributed by atoms with Gasteiger partial charge in [0, 0.05) is 17.3 Å². The van der Waals surface area contributed by atoms with Crippen molar-refractivity contribution in [1.82, 2.24) is 9.97 Å². The Morgan fingerprint density at radius 1 is 1.53 bits per heavy atom. The van der Waals surface area contributed by atoms with Gasteiger partial charge in [-0.25, -0.2) is 9.97 Å². The molecule has 0 spiro atoms. The molecular weight excluding hydrogens is 236 g/mol. The first-order valence-corrected chi connectivity index (χ1v) is 5.94. The zero-order valence-electron chi connectivity index (χ0n) is 9.30. The molecule has 5 nitrogen and oxygen atoms in total. The van der Waals surface area contributed by atoms with Gasteiger partial charge in [0.15, 0.2) is 0 Å². The van der Waals surface area contributed by atoms with Gasteiger partial charge in [-0.1, -0.05) is 0 Å². The monoisotopic (exact) mass is 248 g/mol. The maximum atomic E-state index is 10.8. The quantitative estimate of drug-likeness (QED) is 0.860. The van der Waals surface area contributed by atoms with Crippen molar-refractivity contribution in [3.63, 3.8) is 0 Å². The molecule has 0 fully saturated rings. The van der Waals surface area contributed by atoms with Crippen molar-refractivity contribution in [1.29, 1.82) is 0 Å². The molecule has 0 aromatic carbocycles. The minimum Gasteiger partial charge on any atom is -0.366 e. The fourth-order valence-electron chi connectivity index (χ4n) is 1.29. The van der Waals surface area contributed by atoms with Crippen LogP contribution in [-0.4, -0.2) is 15.9 Å². The Labute approximate surface area is 103 Å². The van der Waals surface area contributed by atoms with Crippen LogP contribution in [0.25, 0.3) is 0 Å². The molecule has 0 saturated heterocycles. The third-order valence-electron chi connectivity index (χ3n) is 2.14. The van der Waals surface area contributed by atoms with Crippen molar-refractivity contribution in [2.45, 2.75) is 13.5 Å². The van der Waals surface area contributed by atoms with Gasteiger partial charge in [0.25, 0.3) is 0 Å². The molecule has 6 heteroatoms. The van der Waals surface area contributed by atoms with Gasteiger partial charge in [0.2, 0.25) is 5.91 Å². The number of amides is 1. The fraction of sp³-hybridized carbons (Fsp3) is 0.182. The highest BCUT2D eigenvalue weighted by molar-refractivity contribution is 7.09. The fourth-order valence-corrected chi connectivity index (χ4v) is 2.01. The molecule has 0 aliphatic heterocycles. The van der Waals surface area contributed by atoms with Gasteiger partial charge in [0.05, 0.1) is 12.1 Å². The van der Waals surface area contributed by atoms with E-state index in [-0.39, 0.29) is 0 Å². The Bertz CT molecular complexity index is 521. The Morgan fingerprint density at radius 3 is 2.88 bits per heavy atom. The van der Waals surface area contributed by atoms with Gasteiger partial charge in [-0.05, 0) is 19.1 Å². The van der Waals surface area contributed by atoms with Gasteiger partial charge in [-0.15, -0.1) is 11.3 Å². The predicted molar refractivity (Wildman–Crippen MR) is 66.9 cm³/mol. The second-order valence-corrected chi connectivity index (χ2v) is 4.48. The molecule has 0 saturated carbocycles. The summed E-state index contributed by atoms with van der Waals surface area (Å²) in [5.41, 5.74) is 6.54. The lowest BCUT2D eigenvalue weighted by Crippen LogP contribution is -2.11. The number of anilines is 1. The van der Waals surface area contributed by atoms with Crippen molar-refractivity contribution >= 4 is 23.1 Å². The minimum absolute atomic E-state index is 0.403. The summed E-state index contributed by atoms with van der Waals surface area (Å²) in [5.74, 6) is 0.224. The van der Waals surface area contributed by atoms with Gasteiger partial charge in [0.1, 0.15) is 10.8 Å². The normalized spacial score (nSPS) is 10.2. The smallest absolute Gasteiger partial charge is 0.250 e. The summed E-state index contributed by atoms with van der Waals surface area (Å²) in [6.07, 6.45) is 1.46. The zero-order chi connectivity index (χ0) is 12.3. The molecule has 0 aliphatic rings. The van der Waals surface area contributed by atoms with Gasteiger partial charge in [-0.3, -0.25) is 4.79 Å². The number of primary amides is 1. The number of nitrogens with two attached hydrogens (primary N) is 1. The van der Waals surface area contributed by atoms with E-state index in [9.17, 15) is 4.79 Å². The number of pyridine rings is 1. The maximum Gasteiger partial charge on any atom is 0.250 e. The molecular formula is C11H12N4OS.